The number of H-pyrrole nitrogens is 1. The monoisotopic (exact) mass is 451 g/mol. The molecule has 0 unspecified atom stereocenters. The fourth-order valence-corrected chi connectivity index (χ4v) is 3.09. The average molecular weight is 452 g/mol. The summed E-state index contributed by atoms with van der Waals surface area (Å²) < 4.78 is 16.4. The molecule has 4 rings (SSSR count). The summed E-state index contributed by atoms with van der Waals surface area (Å²) in [5.74, 6) is 2.10. The maximum absolute atomic E-state index is 12.2. The van der Waals surface area contributed by atoms with E-state index >= 15 is 0 Å². The van der Waals surface area contributed by atoms with Crippen LogP contribution in [-0.2, 0) is 4.79 Å². The molecule has 4 aromatic rings. The number of rotatable bonds is 7. The molecule has 0 bridgehead atoms. The number of hydrogen-bond acceptors (Lipinski definition) is 5. The van der Waals surface area contributed by atoms with E-state index in [1.54, 1.807) is 50.8 Å². The molecule has 164 valence electrons. The van der Waals surface area contributed by atoms with Gasteiger partial charge in [0.05, 0.1) is 26.1 Å². The quantitative estimate of drug-likeness (QED) is 0.365. The van der Waals surface area contributed by atoms with Crippen molar-refractivity contribution >= 4 is 41.0 Å². The number of amides is 1. The Labute approximate surface area is 191 Å². The fraction of sp³-hybridized carbons (Fsp3) is 0.0833. The molecule has 2 heterocycles. The van der Waals surface area contributed by atoms with Gasteiger partial charge in [-0.1, -0.05) is 12.1 Å². The number of nitrogens with one attached hydrogen (secondary N) is 2. The van der Waals surface area contributed by atoms with Gasteiger partial charge in [-0.3, -0.25) is 4.79 Å². The summed E-state index contributed by atoms with van der Waals surface area (Å²) in [6.07, 6.45) is 6.55. The summed E-state index contributed by atoms with van der Waals surface area (Å²) in [5, 5.41) is 3.75. The smallest absolute Gasteiger partial charge is 0.248 e. The molecule has 0 aliphatic carbocycles. The molecule has 0 saturated heterocycles. The highest BCUT2D eigenvalue weighted by molar-refractivity contribution is 6.01. The van der Waals surface area contributed by atoms with E-state index in [2.05, 4.69) is 15.3 Å². The van der Waals surface area contributed by atoms with E-state index in [9.17, 15) is 4.79 Å². The molecule has 7 nitrogen and oxygen atoms in total. The van der Waals surface area contributed by atoms with Gasteiger partial charge in [0.1, 0.15) is 5.75 Å². The predicted molar refractivity (Wildman–Crippen MR) is 127 cm³/mol. The number of fused-ring (bicyclic) bond motifs is 1. The first-order valence-electron chi connectivity index (χ1n) is 9.57. The number of aromatic nitrogens is 2. The lowest BCUT2D eigenvalue weighted by Gasteiger charge is -2.08. The second-order valence-corrected chi connectivity index (χ2v) is 6.62. The van der Waals surface area contributed by atoms with E-state index < -0.39 is 0 Å². The molecular weight excluding hydrogens is 430 g/mol. The number of benzene rings is 2. The van der Waals surface area contributed by atoms with E-state index in [0.717, 1.165) is 16.5 Å². The number of nitrogens with zero attached hydrogens (tertiary/aromatic N) is 1. The van der Waals surface area contributed by atoms with Gasteiger partial charge < -0.3 is 24.5 Å². The van der Waals surface area contributed by atoms with Crippen LogP contribution in [0.3, 0.4) is 0 Å². The minimum Gasteiger partial charge on any atom is -0.493 e. The SMILES string of the molecule is COc1ccc(C=CC(=O)Nc2ccc(Oc3cccc4[nH]ccc34)nc2)cc1OC.Cl. The van der Waals surface area contributed by atoms with Crippen LogP contribution in [0.4, 0.5) is 5.69 Å². The number of halogens is 1. The summed E-state index contributed by atoms with van der Waals surface area (Å²) in [7, 11) is 3.14. The third-order valence-electron chi connectivity index (χ3n) is 4.61. The third kappa shape index (κ3) is 5.19. The topological polar surface area (TPSA) is 85.5 Å². The predicted octanol–water partition coefficient (Wildman–Crippen LogP) is 5.45. The summed E-state index contributed by atoms with van der Waals surface area (Å²) in [6, 6.07) is 16.6. The van der Waals surface area contributed by atoms with Crippen LogP contribution in [0.1, 0.15) is 5.56 Å². The molecule has 0 radical (unpaired) electrons. The number of carbonyl (C=O) groups excluding carboxylic acids is 1. The fourth-order valence-electron chi connectivity index (χ4n) is 3.09. The highest BCUT2D eigenvalue weighted by Gasteiger charge is 2.06. The van der Waals surface area contributed by atoms with Crippen LogP contribution >= 0.6 is 12.4 Å². The number of ether oxygens (including phenoxy) is 3. The van der Waals surface area contributed by atoms with Crippen LogP contribution in [-0.4, -0.2) is 30.1 Å². The van der Waals surface area contributed by atoms with Gasteiger partial charge in [0.25, 0.3) is 0 Å². The molecule has 2 N–H and O–H groups in total. The Morgan fingerprint density at radius 3 is 2.59 bits per heavy atom. The summed E-state index contributed by atoms with van der Waals surface area (Å²) in [5.41, 5.74) is 2.37. The second kappa shape index (κ2) is 10.4. The molecule has 8 heteroatoms. The van der Waals surface area contributed by atoms with Crippen molar-refractivity contribution in [2.24, 2.45) is 0 Å². The number of carbonyl (C=O) groups is 1. The molecule has 32 heavy (non-hydrogen) atoms. The number of anilines is 1. The molecular formula is C24H22ClN3O4. The maximum atomic E-state index is 12.2. The summed E-state index contributed by atoms with van der Waals surface area (Å²) >= 11 is 0. The Morgan fingerprint density at radius 1 is 1.00 bits per heavy atom. The minimum atomic E-state index is -0.276. The number of hydrogen-bond donors (Lipinski definition) is 2. The molecule has 0 aliphatic heterocycles. The Balaban J connectivity index is 0.00000289. The van der Waals surface area contributed by atoms with Crippen LogP contribution < -0.4 is 19.5 Å². The van der Waals surface area contributed by atoms with Crippen molar-refractivity contribution in [3.63, 3.8) is 0 Å². The Bertz CT molecular complexity index is 1240. The highest BCUT2D eigenvalue weighted by atomic mass is 35.5. The van der Waals surface area contributed by atoms with Gasteiger partial charge in [-0.15, -0.1) is 12.4 Å². The largest absolute Gasteiger partial charge is 0.493 e. The Hall–Kier alpha value is -3.97. The molecule has 2 aromatic heterocycles. The van der Waals surface area contributed by atoms with Crippen LogP contribution in [0.2, 0.25) is 0 Å². The third-order valence-corrected chi connectivity index (χ3v) is 4.61. The van der Waals surface area contributed by atoms with Crippen molar-refractivity contribution in [3.8, 4) is 23.1 Å². The van der Waals surface area contributed by atoms with Crippen molar-refractivity contribution in [1.82, 2.24) is 9.97 Å². The van der Waals surface area contributed by atoms with E-state index in [1.807, 2.05) is 36.5 Å². The number of methoxy groups -OCH3 is 2. The number of pyridine rings is 1. The van der Waals surface area contributed by atoms with Gasteiger partial charge >= 0.3 is 0 Å². The van der Waals surface area contributed by atoms with Gasteiger partial charge in [0.15, 0.2) is 11.5 Å². The summed E-state index contributed by atoms with van der Waals surface area (Å²) in [6.45, 7) is 0. The van der Waals surface area contributed by atoms with Crippen LogP contribution in [0.15, 0.2) is 73.1 Å². The number of aromatic amines is 1. The molecule has 0 atom stereocenters. The van der Waals surface area contributed by atoms with Crippen molar-refractivity contribution in [2.45, 2.75) is 0 Å². The van der Waals surface area contributed by atoms with Gasteiger partial charge in [-0.05, 0) is 48.0 Å². The minimum absolute atomic E-state index is 0. The van der Waals surface area contributed by atoms with E-state index in [-0.39, 0.29) is 18.3 Å². The molecule has 2 aromatic carbocycles. The van der Waals surface area contributed by atoms with Crippen molar-refractivity contribution in [2.75, 3.05) is 19.5 Å². The highest BCUT2D eigenvalue weighted by Crippen LogP contribution is 2.29. The van der Waals surface area contributed by atoms with Crippen LogP contribution in [0.25, 0.3) is 17.0 Å². The lowest BCUT2D eigenvalue weighted by molar-refractivity contribution is -0.111. The van der Waals surface area contributed by atoms with Crippen LogP contribution in [0, 0.1) is 0 Å². The second-order valence-electron chi connectivity index (χ2n) is 6.62. The summed E-state index contributed by atoms with van der Waals surface area (Å²) in [4.78, 5) is 19.7. The molecule has 0 saturated carbocycles. The molecule has 0 fully saturated rings. The van der Waals surface area contributed by atoms with E-state index in [4.69, 9.17) is 14.2 Å². The van der Waals surface area contributed by atoms with Crippen molar-refractivity contribution < 1.29 is 19.0 Å². The van der Waals surface area contributed by atoms with Crippen molar-refractivity contribution in [1.29, 1.82) is 0 Å². The van der Waals surface area contributed by atoms with Crippen molar-refractivity contribution in [3.05, 3.63) is 78.6 Å². The van der Waals surface area contributed by atoms with Gasteiger partial charge in [0, 0.05) is 29.2 Å². The lowest BCUT2D eigenvalue weighted by atomic mass is 10.2. The maximum Gasteiger partial charge on any atom is 0.248 e. The van der Waals surface area contributed by atoms with Gasteiger partial charge in [-0.25, -0.2) is 4.98 Å². The average Bonchev–Trinajstić information content (AvgIpc) is 3.29. The standard InChI is InChI=1S/C24H21N3O4.ClH/c1-29-21-9-6-16(14-22(21)30-2)7-10-23(28)27-17-8-11-24(26-15-17)31-20-5-3-4-19-18(20)12-13-25-19;/h3-15,25H,1-2H3,(H,27,28);1H. The Kier molecular flexibility index (Phi) is 7.36. The van der Waals surface area contributed by atoms with E-state index in [1.165, 1.54) is 6.08 Å². The Morgan fingerprint density at radius 2 is 1.84 bits per heavy atom. The molecule has 0 spiro atoms. The zero-order valence-electron chi connectivity index (χ0n) is 17.5. The van der Waals surface area contributed by atoms with Gasteiger partial charge in [0.2, 0.25) is 11.8 Å². The van der Waals surface area contributed by atoms with Gasteiger partial charge in [-0.2, -0.15) is 0 Å². The lowest BCUT2D eigenvalue weighted by Crippen LogP contribution is -2.07. The van der Waals surface area contributed by atoms with E-state index in [0.29, 0.717) is 28.8 Å². The molecule has 0 aliphatic rings. The first-order valence-corrected chi connectivity index (χ1v) is 9.57. The first kappa shape index (κ1) is 22.7. The zero-order valence-corrected chi connectivity index (χ0v) is 18.3. The normalized spacial score (nSPS) is 10.6. The molecule has 1 amide bonds. The zero-order chi connectivity index (χ0) is 21.6. The van der Waals surface area contributed by atoms with Crippen LogP contribution in [0.5, 0.6) is 23.1 Å². The first-order chi connectivity index (χ1) is 15.2.